The molecular weight excluding hydrogens is 202 g/mol. The summed E-state index contributed by atoms with van der Waals surface area (Å²) >= 11 is 0. The van der Waals surface area contributed by atoms with Gasteiger partial charge in [0.25, 0.3) is 0 Å². The molecule has 0 radical (unpaired) electrons. The van der Waals surface area contributed by atoms with Crippen molar-refractivity contribution in [2.24, 2.45) is 0 Å². The zero-order chi connectivity index (χ0) is 11.4. The van der Waals surface area contributed by atoms with Gasteiger partial charge in [0.15, 0.2) is 0 Å². The minimum Gasteiger partial charge on any atom is -0.392 e. The number of aliphatic hydroxyl groups is 1. The smallest absolute Gasteiger partial charge is 0.0693 e. The summed E-state index contributed by atoms with van der Waals surface area (Å²) in [7, 11) is 0. The molecule has 0 aromatic carbocycles. The predicted octanol–water partition coefficient (Wildman–Crippen LogP) is 1.84. The molecule has 0 bridgehead atoms. The Kier molecular flexibility index (Phi) is 4.22. The lowest BCUT2D eigenvalue weighted by Crippen LogP contribution is -2.54. The molecule has 1 aliphatic heterocycles. The largest absolute Gasteiger partial charge is 0.392 e. The van der Waals surface area contributed by atoms with Crippen molar-refractivity contribution in [2.75, 3.05) is 13.2 Å². The quantitative estimate of drug-likeness (QED) is 0.707. The maximum Gasteiger partial charge on any atom is 0.0693 e. The van der Waals surface area contributed by atoms with E-state index in [4.69, 9.17) is 4.74 Å². The van der Waals surface area contributed by atoms with Crippen molar-refractivity contribution in [3.63, 3.8) is 0 Å². The van der Waals surface area contributed by atoms with Crippen LogP contribution in [0.15, 0.2) is 0 Å². The lowest BCUT2D eigenvalue weighted by atomic mass is 9.90. The second kappa shape index (κ2) is 5.48. The van der Waals surface area contributed by atoms with E-state index in [-0.39, 0.29) is 11.6 Å². The molecule has 2 unspecified atom stereocenters. The third-order valence-electron chi connectivity index (χ3n) is 4.11. The lowest BCUT2D eigenvalue weighted by Gasteiger charge is -2.39. The highest BCUT2D eigenvalue weighted by molar-refractivity contribution is 4.91. The van der Waals surface area contributed by atoms with Crippen LogP contribution in [0.3, 0.4) is 0 Å². The molecule has 3 nitrogen and oxygen atoms in total. The number of rotatable bonds is 2. The summed E-state index contributed by atoms with van der Waals surface area (Å²) in [5.74, 6) is 0. The van der Waals surface area contributed by atoms with Crippen LogP contribution in [-0.4, -0.2) is 36.0 Å². The second-order valence-corrected chi connectivity index (χ2v) is 5.63. The van der Waals surface area contributed by atoms with E-state index in [2.05, 4.69) is 12.2 Å². The third kappa shape index (κ3) is 3.19. The minimum atomic E-state index is -0.151. The highest BCUT2D eigenvalue weighted by Crippen LogP contribution is 2.25. The van der Waals surface area contributed by atoms with Crippen molar-refractivity contribution in [1.29, 1.82) is 0 Å². The fourth-order valence-corrected chi connectivity index (χ4v) is 2.87. The first kappa shape index (κ1) is 12.3. The molecule has 2 N–H and O–H groups in total. The van der Waals surface area contributed by atoms with Gasteiger partial charge in [-0.25, -0.2) is 0 Å². The second-order valence-electron chi connectivity index (χ2n) is 5.63. The summed E-state index contributed by atoms with van der Waals surface area (Å²) in [4.78, 5) is 0. The minimum absolute atomic E-state index is 0.151. The first-order valence-electron chi connectivity index (χ1n) is 6.73. The highest BCUT2D eigenvalue weighted by atomic mass is 16.5. The van der Waals surface area contributed by atoms with Crippen molar-refractivity contribution >= 4 is 0 Å². The molecule has 3 heteroatoms. The third-order valence-corrected chi connectivity index (χ3v) is 4.11. The molecule has 0 aromatic rings. The van der Waals surface area contributed by atoms with Crippen molar-refractivity contribution in [2.45, 2.75) is 69.6 Å². The van der Waals surface area contributed by atoms with Gasteiger partial charge in [0.1, 0.15) is 0 Å². The molecule has 2 rings (SSSR count). The normalized spacial score (nSPS) is 35.6. The molecule has 2 fully saturated rings. The average Bonchev–Trinajstić information content (AvgIpc) is 2.45. The Morgan fingerprint density at radius 3 is 2.56 bits per heavy atom. The summed E-state index contributed by atoms with van der Waals surface area (Å²) in [6.45, 7) is 3.98. The molecule has 0 amide bonds. The van der Waals surface area contributed by atoms with E-state index in [1.54, 1.807) is 0 Å². The zero-order valence-corrected chi connectivity index (χ0v) is 10.4. The molecule has 94 valence electrons. The van der Waals surface area contributed by atoms with Gasteiger partial charge in [-0.05, 0) is 32.6 Å². The molecule has 1 aliphatic carbocycles. The SMILES string of the molecule is CC1(NC2CCCCCC2O)CCOCC1. The summed E-state index contributed by atoms with van der Waals surface area (Å²) in [6.07, 6.45) is 7.77. The number of aliphatic hydroxyl groups excluding tert-OH is 1. The van der Waals surface area contributed by atoms with Gasteiger partial charge in [-0.3, -0.25) is 0 Å². The van der Waals surface area contributed by atoms with Gasteiger partial charge in [0.2, 0.25) is 0 Å². The Bertz CT molecular complexity index is 214. The Morgan fingerprint density at radius 1 is 1.12 bits per heavy atom. The van der Waals surface area contributed by atoms with Crippen molar-refractivity contribution in [3.8, 4) is 0 Å². The lowest BCUT2D eigenvalue weighted by molar-refractivity contribution is 0.0248. The fourth-order valence-electron chi connectivity index (χ4n) is 2.87. The first-order chi connectivity index (χ1) is 7.70. The number of hydrogen-bond acceptors (Lipinski definition) is 3. The van der Waals surface area contributed by atoms with Crippen LogP contribution in [0.5, 0.6) is 0 Å². The van der Waals surface area contributed by atoms with E-state index < -0.39 is 0 Å². The summed E-state index contributed by atoms with van der Waals surface area (Å²) < 4.78 is 5.40. The van der Waals surface area contributed by atoms with Gasteiger partial charge in [-0.15, -0.1) is 0 Å². The summed E-state index contributed by atoms with van der Waals surface area (Å²) in [5.41, 5.74) is 0.175. The standard InChI is InChI=1S/C13H25NO2/c1-13(7-9-16-10-8-13)14-11-5-3-2-4-6-12(11)15/h11-12,14-15H,2-10H2,1H3. The van der Waals surface area contributed by atoms with Crippen LogP contribution in [0.25, 0.3) is 0 Å². The van der Waals surface area contributed by atoms with Crippen molar-refractivity contribution < 1.29 is 9.84 Å². The van der Waals surface area contributed by atoms with E-state index in [0.29, 0.717) is 6.04 Å². The number of hydrogen-bond donors (Lipinski definition) is 2. The molecule has 0 aromatic heterocycles. The van der Waals surface area contributed by atoms with E-state index in [9.17, 15) is 5.11 Å². The topological polar surface area (TPSA) is 41.5 Å². The monoisotopic (exact) mass is 227 g/mol. The maximum absolute atomic E-state index is 10.1. The van der Waals surface area contributed by atoms with Crippen LogP contribution in [0.2, 0.25) is 0 Å². The van der Waals surface area contributed by atoms with Crippen LogP contribution in [-0.2, 0) is 4.74 Å². The molecule has 16 heavy (non-hydrogen) atoms. The summed E-state index contributed by atoms with van der Waals surface area (Å²) in [5, 5.41) is 13.8. The summed E-state index contributed by atoms with van der Waals surface area (Å²) in [6, 6.07) is 0.297. The molecule has 2 atom stereocenters. The van der Waals surface area contributed by atoms with Crippen LogP contribution in [0.1, 0.15) is 51.9 Å². The van der Waals surface area contributed by atoms with Crippen molar-refractivity contribution in [3.05, 3.63) is 0 Å². The van der Waals surface area contributed by atoms with E-state index >= 15 is 0 Å². The average molecular weight is 227 g/mol. The number of ether oxygens (including phenoxy) is 1. The van der Waals surface area contributed by atoms with Crippen LogP contribution < -0.4 is 5.32 Å². The van der Waals surface area contributed by atoms with E-state index in [0.717, 1.165) is 38.9 Å². The zero-order valence-electron chi connectivity index (χ0n) is 10.4. The predicted molar refractivity (Wildman–Crippen MR) is 64.5 cm³/mol. The molecular formula is C13H25NO2. The Labute approximate surface area is 98.6 Å². The first-order valence-corrected chi connectivity index (χ1v) is 6.73. The molecule has 1 saturated carbocycles. The fraction of sp³-hybridized carbons (Fsp3) is 1.00. The molecule has 2 aliphatic rings. The van der Waals surface area contributed by atoms with Crippen molar-refractivity contribution in [1.82, 2.24) is 5.32 Å². The molecule has 0 spiro atoms. The van der Waals surface area contributed by atoms with Gasteiger partial charge in [0, 0.05) is 24.8 Å². The van der Waals surface area contributed by atoms with E-state index in [1.165, 1.54) is 19.3 Å². The van der Waals surface area contributed by atoms with Gasteiger partial charge < -0.3 is 15.2 Å². The van der Waals surface area contributed by atoms with Gasteiger partial charge in [0.05, 0.1) is 6.10 Å². The van der Waals surface area contributed by atoms with Crippen LogP contribution >= 0.6 is 0 Å². The van der Waals surface area contributed by atoms with Gasteiger partial charge >= 0.3 is 0 Å². The van der Waals surface area contributed by atoms with Gasteiger partial charge in [-0.1, -0.05) is 19.3 Å². The Balaban J connectivity index is 1.90. The maximum atomic E-state index is 10.1. The highest BCUT2D eigenvalue weighted by Gasteiger charge is 2.32. The number of nitrogens with one attached hydrogen (secondary N) is 1. The van der Waals surface area contributed by atoms with E-state index in [1.807, 2.05) is 0 Å². The Hall–Kier alpha value is -0.120. The Morgan fingerprint density at radius 2 is 1.81 bits per heavy atom. The van der Waals surface area contributed by atoms with Crippen LogP contribution in [0.4, 0.5) is 0 Å². The van der Waals surface area contributed by atoms with Gasteiger partial charge in [-0.2, -0.15) is 0 Å². The molecule has 1 saturated heterocycles. The molecule has 1 heterocycles. The van der Waals surface area contributed by atoms with Crippen LogP contribution in [0, 0.1) is 0 Å².